The molecule has 2 rings (SSSR count). The number of benzene rings is 1. The summed E-state index contributed by atoms with van der Waals surface area (Å²) in [5.41, 5.74) is 2.41. The lowest BCUT2D eigenvalue weighted by atomic mass is 10.0. The molecule has 0 saturated carbocycles. The molecule has 5 heteroatoms. The van der Waals surface area contributed by atoms with Gasteiger partial charge >= 0.3 is 0 Å². The van der Waals surface area contributed by atoms with Crippen molar-refractivity contribution in [1.82, 2.24) is 15.5 Å². The molecule has 19 heavy (non-hydrogen) atoms. The zero-order valence-electron chi connectivity index (χ0n) is 11.1. The van der Waals surface area contributed by atoms with Crippen LogP contribution < -0.4 is 10.1 Å². The molecular weight excluding hydrogens is 245 g/mol. The highest BCUT2D eigenvalue weighted by Gasteiger charge is 2.15. The lowest BCUT2D eigenvalue weighted by Gasteiger charge is -2.16. The van der Waals surface area contributed by atoms with Crippen molar-refractivity contribution in [3.63, 3.8) is 0 Å². The molecule has 1 aromatic heterocycles. The summed E-state index contributed by atoms with van der Waals surface area (Å²) in [6.45, 7) is 1.86. The number of hydrogen-bond acceptors (Lipinski definition) is 4. The fourth-order valence-electron chi connectivity index (χ4n) is 2.01. The SMILES string of the molecule is CNC(c1cc(C)cc(F)c1)c1ccc(OC)nn1. The van der Waals surface area contributed by atoms with Crippen molar-refractivity contribution in [2.75, 3.05) is 14.2 Å². The van der Waals surface area contributed by atoms with Gasteiger partial charge in [-0.3, -0.25) is 0 Å². The Balaban J connectivity index is 2.37. The van der Waals surface area contributed by atoms with Crippen LogP contribution in [-0.2, 0) is 0 Å². The Labute approximate surface area is 111 Å². The molecule has 4 nitrogen and oxygen atoms in total. The lowest BCUT2D eigenvalue weighted by Crippen LogP contribution is -2.19. The van der Waals surface area contributed by atoms with E-state index in [1.54, 1.807) is 13.1 Å². The van der Waals surface area contributed by atoms with E-state index in [1.165, 1.54) is 19.2 Å². The van der Waals surface area contributed by atoms with Crippen LogP contribution in [-0.4, -0.2) is 24.4 Å². The molecule has 0 aliphatic heterocycles. The van der Waals surface area contributed by atoms with Crippen LogP contribution in [0, 0.1) is 12.7 Å². The number of ether oxygens (including phenoxy) is 1. The van der Waals surface area contributed by atoms with E-state index in [0.717, 1.165) is 11.1 Å². The largest absolute Gasteiger partial charge is 0.480 e. The summed E-state index contributed by atoms with van der Waals surface area (Å²) in [6, 6.07) is 8.27. The Kier molecular flexibility index (Phi) is 4.06. The van der Waals surface area contributed by atoms with Gasteiger partial charge in [-0.25, -0.2) is 4.39 Å². The number of nitrogens with one attached hydrogen (secondary N) is 1. The van der Waals surface area contributed by atoms with Crippen LogP contribution in [0.4, 0.5) is 4.39 Å². The van der Waals surface area contributed by atoms with Gasteiger partial charge in [-0.05, 0) is 43.3 Å². The Morgan fingerprint density at radius 1 is 1.21 bits per heavy atom. The van der Waals surface area contributed by atoms with Crippen LogP contribution in [0.15, 0.2) is 30.3 Å². The highest BCUT2D eigenvalue weighted by molar-refractivity contribution is 5.31. The van der Waals surface area contributed by atoms with Gasteiger partial charge in [0.25, 0.3) is 0 Å². The third-order valence-electron chi connectivity index (χ3n) is 2.85. The fourth-order valence-corrected chi connectivity index (χ4v) is 2.01. The van der Waals surface area contributed by atoms with Gasteiger partial charge in [-0.15, -0.1) is 10.2 Å². The summed E-state index contributed by atoms with van der Waals surface area (Å²) < 4.78 is 18.4. The van der Waals surface area contributed by atoms with Crippen LogP contribution in [0.25, 0.3) is 0 Å². The first-order valence-corrected chi connectivity index (χ1v) is 5.96. The quantitative estimate of drug-likeness (QED) is 0.917. The molecule has 0 aliphatic carbocycles. The zero-order chi connectivity index (χ0) is 13.8. The molecule has 0 radical (unpaired) electrons. The second kappa shape index (κ2) is 5.75. The molecule has 0 bridgehead atoms. The Morgan fingerprint density at radius 3 is 2.53 bits per heavy atom. The second-order valence-corrected chi connectivity index (χ2v) is 4.28. The first kappa shape index (κ1) is 13.4. The van der Waals surface area contributed by atoms with Crippen LogP contribution >= 0.6 is 0 Å². The summed E-state index contributed by atoms with van der Waals surface area (Å²) in [5.74, 6) is 0.200. The van der Waals surface area contributed by atoms with E-state index in [-0.39, 0.29) is 11.9 Å². The van der Waals surface area contributed by atoms with Gasteiger partial charge in [0.15, 0.2) is 0 Å². The topological polar surface area (TPSA) is 47.0 Å². The van der Waals surface area contributed by atoms with Crippen molar-refractivity contribution in [1.29, 1.82) is 0 Å². The molecule has 0 fully saturated rings. The van der Waals surface area contributed by atoms with Crippen LogP contribution in [0.5, 0.6) is 5.88 Å². The Hall–Kier alpha value is -2.01. The van der Waals surface area contributed by atoms with Crippen LogP contribution in [0.2, 0.25) is 0 Å². The normalized spacial score (nSPS) is 12.2. The molecule has 1 aromatic carbocycles. The van der Waals surface area contributed by atoms with Crippen LogP contribution in [0.1, 0.15) is 22.9 Å². The van der Waals surface area contributed by atoms with Gasteiger partial charge in [-0.2, -0.15) is 0 Å². The fraction of sp³-hybridized carbons (Fsp3) is 0.286. The minimum Gasteiger partial charge on any atom is -0.480 e. The third kappa shape index (κ3) is 3.06. The number of rotatable bonds is 4. The van der Waals surface area contributed by atoms with E-state index in [0.29, 0.717) is 11.6 Å². The van der Waals surface area contributed by atoms with Crippen LogP contribution in [0.3, 0.4) is 0 Å². The van der Waals surface area contributed by atoms with E-state index in [4.69, 9.17) is 4.74 Å². The first-order valence-electron chi connectivity index (χ1n) is 5.96. The van der Waals surface area contributed by atoms with Crippen molar-refractivity contribution in [2.24, 2.45) is 0 Å². The van der Waals surface area contributed by atoms with Gasteiger partial charge in [0.1, 0.15) is 5.82 Å². The molecule has 1 heterocycles. The summed E-state index contributed by atoms with van der Waals surface area (Å²) in [7, 11) is 3.34. The highest BCUT2D eigenvalue weighted by Crippen LogP contribution is 2.22. The Bertz CT molecular complexity index is 537. The second-order valence-electron chi connectivity index (χ2n) is 4.28. The molecule has 0 aliphatic rings. The zero-order valence-corrected chi connectivity index (χ0v) is 11.1. The summed E-state index contributed by atoms with van der Waals surface area (Å²) >= 11 is 0. The van der Waals surface area contributed by atoms with Gasteiger partial charge in [0, 0.05) is 6.07 Å². The summed E-state index contributed by atoms with van der Waals surface area (Å²) in [6.07, 6.45) is 0. The molecular formula is C14H16FN3O. The van der Waals surface area contributed by atoms with Crippen molar-refractivity contribution >= 4 is 0 Å². The van der Waals surface area contributed by atoms with Crippen molar-refractivity contribution < 1.29 is 9.13 Å². The van der Waals surface area contributed by atoms with Crippen molar-refractivity contribution in [3.05, 3.63) is 53.0 Å². The maximum absolute atomic E-state index is 13.5. The number of methoxy groups -OCH3 is 1. The minimum absolute atomic E-state index is 0.201. The number of aromatic nitrogens is 2. The average molecular weight is 261 g/mol. The summed E-state index contributed by atoms with van der Waals surface area (Å²) in [5, 5.41) is 11.1. The highest BCUT2D eigenvalue weighted by atomic mass is 19.1. The van der Waals surface area contributed by atoms with E-state index >= 15 is 0 Å². The minimum atomic E-state index is -0.253. The van der Waals surface area contributed by atoms with E-state index in [9.17, 15) is 4.39 Å². The van der Waals surface area contributed by atoms with Crippen molar-refractivity contribution in [2.45, 2.75) is 13.0 Å². The molecule has 1 atom stereocenters. The third-order valence-corrected chi connectivity index (χ3v) is 2.85. The predicted octanol–water partition coefficient (Wildman–Crippen LogP) is 2.24. The molecule has 0 amide bonds. The lowest BCUT2D eigenvalue weighted by molar-refractivity contribution is 0.390. The first-order chi connectivity index (χ1) is 9.13. The van der Waals surface area contributed by atoms with Crippen molar-refractivity contribution in [3.8, 4) is 5.88 Å². The van der Waals surface area contributed by atoms with E-state index in [2.05, 4.69) is 15.5 Å². The predicted molar refractivity (Wildman–Crippen MR) is 70.6 cm³/mol. The number of halogens is 1. The van der Waals surface area contributed by atoms with Gasteiger partial charge < -0.3 is 10.1 Å². The standard InChI is InChI=1S/C14H16FN3O/c1-9-6-10(8-11(15)7-9)14(16-2)12-4-5-13(19-3)18-17-12/h4-8,14,16H,1-3H3. The summed E-state index contributed by atoms with van der Waals surface area (Å²) in [4.78, 5) is 0. The number of nitrogens with zero attached hydrogens (tertiary/aromatic N) is 2. The van der Waals surface area contributed by atoms with E-state index in [1.807, 2.05) is 19.1 Å². The number of hydrogen-bond donors (Lipinski definition) is 1. The molecule has 0 saturated heterocycles. The maximum Gasteiger partial charge on any atom is 0.233 e. The molecule has 100 valence electrons. The molecule has 2 aromatic rings. The van der Waals surface area contributed by atoms with Gasteiger partial charge in [0.2, 0.25) is 5.88 Å². The smallest absolute Gasteiger partial charge is 0.233 e. The maximum atomic E-state index is 13.5. The monoisotopic (exact) mass is 261 g/mol. The molecule has 1 unspecified atom stereocenters. The van der Waals surface area contributed by atoms with Gasteiger partial charge in [0.05, 0.1) is 18.8 Å². The van der Waals surface area contributed by atoms with E-state index < -0.39 is 0 Å². The molecule has 1 N–H and O–H groups in total. The average Bonchev–Trinajstić information content (AvgIpc) is 2.39. The number of aryl methyl sites for hydroxylation is 1. The molecule has 0 spiro atoms. The Morgan fingerprint density at radius 2 is 2.00 bits per heavy atom. The van der Waals surface area contributed by atoms with Gasteiger partial charge in [-0.1, -0.05) is 6.07 Å².